The summed E-state index contributed by atoms with van der Waals surface area (Å²) in [5.74, 6) is 2.20. The van der Waals surface area contributed by atoms with Gasteiger partial charge >= 0.3 is 0 Å². The lowest BCUT2D eigenvalue weighted by Crippen LogP contribution is -2.06. The minimum absolute atomic E-state index is 0.485. The number of hydrogen-bond donors (Lipinski definition) is 0. The molecule has 4 heterocycles. The van der Waals surface area contributed by atoms with Crippen molar-refractivity contribution in [3.63, 3.8) is 0 Å². The number of hydrogen-bond acceptors (Lipinski definition) is 5. The topological polar surface area (TPSA) is 74.3 Å². The smallest absolute Gasteiger partial charge is 0.235 e. The number of rotatable bonds is 5. The van der Waals surface area contributed by atoms with Crippen molar-refractivity contribution in [2.75, 3.05) is 0 Å². The van der Waals surface area contributed by atoms with Gasteiger partial charge in [-0.1, -0.05) is 121 Å². The molecule has 0 aliphatic heterocycles. The third kappa shape index (κ3) is 4.48. The van der Waals surface area contributed by atoms with Crippen LogP contribution in [0.15, 0.2) is 164 Å². The summed E-state index contributed by atoms with van der Waals surface area (Å²) in [7, 11) is 0. The van der Waals surface area contributed by atoms with E-state index in [1.165, 1.54) is 0 Å². The zero-order valence-corrected chi connectivity index (χ0v) is 26.7. The predicted octanol–water partition coefficient (Wildman–Crippen LogP) is 9.86. The summed E-state index contributed by atoms with van der Waals surface area (Å²) in [6, 6.07) is 53.5. The van der Waals surface area contributed by atoms with E-state index in [4.69, 9.17) is 24.9 Å². The Kier molecular flexibility index (Phi) is 6.35. The zero-order valence-electron chi connectivity index (χ0n) is 26.7. The van der Waals surface area contributed by atoms with E-state index in [1.807, 2.05) is 91.0 Å². The highest BCUT2D eigenvalue weighted by atomic mass is 15.2. The molecule has 234 valence electrons. The maximum absolute atomic E-state index is 5.32. The molecule has 0 radical (unpaired) electrons. The first-order chi connectivity index (χ1) is 24.8. The lowest BCUT2D eigenvalue weighted by molar-refractivity contribution is 0.995. The molecule has 6 aromatic carbocycles. The van der Waals surface area contributed by atoms with Crippen molar-refractivity contribution >= 4 is 43.6 Å². The quantitative estimate of drug-likeness (QED) is 0.187. The number of fused-ring (bicyclic) bond motifs is 6. The molecule has 0 unspecified atom stereocenters. The average Bonchev–Trinajstić information content (AvgIpc) is 3.78. The molecule has 0 saturated heterocycles. The Hall–Kier alpha value is -6.99. The summed E-state index contributed by atoms with van der Waals surface area (Å²) in [5, 5.41) is 4.29. The van der Waals surface area contributed by atoms with Crippen LogP contribution >= 0.6 is 0 Å². The van der Waals surface area contributed by atoms with Gasteiger partial charge in [-0.3, -0.25) is 4.57 Å². The highest BCUT2D eigenvalue weighted by molar-refractivity contribution is 6.20. The molecule has 10 aromatic rings. The molecule has 0 atom stereocenters. The number of nitrogens with zero attached hydrogens (tertiary/aromatic N) is 7. The normalized spacial score (nSPS) is 11.6. The first-order valence-electron chi connectivity index (χ1n) is 16.5. The maximum Gasteiger partial charge on any atom is 0.235 e. The average molecular weight is 642 g/mol. The lowest BCUT2D eigenvalue weighted by atomic mass is 10.1. The van der Waals surface area contributed by atoms with E-state index in [-0.39, 0.29) is 0 Å². The molecule has 7 nitrogen and oxygen atoms in total. The standard InChI is InChI=1S/C43H27N7/c1-4-14-29(15-5-1)40-46-41(30-16-6-2-7-17-30)48-42(47-40)38-32-20-10-12-22-34(32)44-43(45-38)50-35-23-13-11-21-33(35)37-36(50)25-24-28-26-27-49(39(28)37)31-18-8-3-9-19-31/h1-27H. The number of para-hydroxylation sites is 3. The Morgan fingerprint density at radius 3 is 1.74 bits per heavy atom. The molecule has 0 amide bonds. The van der Waals surface area contributed by atoms with E-state index < -0.39 is 0 Å². The molecule has 0 spiro atoms. The van der Waals surface area contributed by atoms with Gasteiger partial charge in [-0.05, 0) is 36.4 Å². The molecule has 0 saturated carbocycles. The van der Waals surface area contributed by atoms with Gasteiger partial charge in [0.2, 0.25) is 5.95 Å². The molecule has 0 fully saturated rings. The predicted molar refractivity (Wildman–Crippen MR) is 200 cm³/mol. The molecule has 7 heteroatoms. The first kappa shape index (κ1) is 28.1. The molecule has 50 heavy (non-hydrogen) atoms. The maximum atomic E-state index is 5.32. The summed E-state index contributed by atoms with van der Waals surface area (Å²) in [6.45, 7) is 0. The van der Waals surface area contributed by atoms with E-state index in [0.29, 0.717) is 29.1 Å². The fraction of sp³-hybridized carbons (Fsp3) is 0. The minimum Gasteiger partial charge on any atom is -0.316 e. The van der Waals surface area contributed by atoms with Crippen LogP contribution in [-0.4, -0.2) is 34.1 Å². The van der Waals surface area contributed by atoms with Gasteiger partial charge < -0.3 is 4.57 Å². The molecular weight excluding hydrogens is 615 g/mol. The fourth-order valence-electron chi connectivity index (χ4n) is 6.95. The Balaban J connectivity index is 1.27. The SMILES string of the molecule is c1ccc(-c2nc(-c3ccccc3)nc(-c3nc(-n4c5ccccc5c5c6c(ccc54)ccn6-c4ccccc4)nc4ccccc34)n2)cc1. The van der Waals surface area contributed by atoms with Gasteiger partial charge in [0.25, 0.3) is 0 Å². The van der Waals surface area contributed by atoms with E-state index in [9.17, 15) is 0 Å². The fourth-order valence-corrected chi connectivity index (χ4v) is 6.95. The van der Waals surface area contributed by atoms with E-state index in [2.05, 4.69) is 82.1 Å². The van der Waals surface area contributed by atoms with Crippen LogP contribution in [0.5, 0.6) is 0 Å². The summed E-state index contributed by atoms with van der Waals surface area (Å²) in [4.78, 5) is 25.5. The number of aromatic nitrogens is 7. The van der Waals surface area contributed by atoms with Crippen LogP contribution in [-0.2, 0) is 0 Å². The van der Waals surface area contributed by atoms with E-state index >= 15 is 0 Å². The second kappa shape index (κ2) is 11.3. The summed E-state index contributed by atoms with van der Waals surface area (Å²) >= 11 is 0. The molecule has 0 N–H and O–H groups in total. The van der Waals surface area contributed by atoms with Gasteiger partial charge in [0.1, 0.15) is 5.69 Å². The molecular formula is C43H27N7. The monoisotopic (exact) mass is 641 g/mol. The molecule has 4 aromatic heterocycles. The number of benzene rings is 6. The minimum atomic E-state index is 0.485. The highest BCUT2D eigenvalue weighted by Gasteiger charge is 2.22. The van der Waals surface area contributed by atoms with Crippen molar-refractivity contribution in [1.82, 2.24) is 34.1 Å². The summed E-state index contributed by atoms with van der Waals surface area (Å²) < 4.78 is 4.43. The zero-order chi connectivity index (χ0) is 33.0. The molecule has 0 aliphatic rings. The van der Waals surface area contributed by atoms with E-state index in [1.54, 1.807) is 0 Å². The second-order valence-electron chi connectivity index (χ2n) is 12.2. The first-order valence-corrected chi connectivity index (χ1v) is 16.5. The van der Waals surface area contributed by atoms with Gasteiger partial charge in [-0.15, -0.1) is 0 Å². The Morgan fingerprint density at radius 2 is 1.02 bits per heavy atom. The van der Waals surface area contributed by atoms with Crippen molar-refractivity contribution in [2.45, 2.75) is 0 Å². The van der Waals surface area contributed by atoms with Crippen LogP contribution in [0.1, 0.15) is 0 Å². The largest absolute Gasteiger partial charge is 0.316 e. The van der Waals surface area contributed by atoms with Crippen molar-refractivity contribution in [1.29, 1.82) is 0 Å². The van der Waals surface area contributed by atoms with Gasteiger partial charge in [0.05, 0.1) is 22.1 Å². The summed E-state index contributed by atoms with van der Waals surface area (Å²) in [6.07, 6.45) is 2.14. The van der Waals surface area contributed by atoms with Gasteiger partial charge in [-0.25, -0.2) is 24.9 Å². The van der Waals surface area contributed by atoms with Crippen LogP contribution in [0, 0.1) is 0 Å². The third-order valence-electron chi connectivity index (χ3n) is 9.22. The molecule has 10 rings (SSSR count). The lowest BCUT2D eigenvalue weighted by Gasteiger charge is -2.12. The van der Waals surface area contributed by atoms with Crippen LogP contribution in [0.4, 0.5) is 0 Å². The van der Waals surface area contributed by atoms with Crippen molar-refractivity contribution in [3.8, 4) is 45.9 Å². The van der Waals surface area contributed by atoms with Crippen LogP contribution in [0.25, 0.3) is 89.5 Å². The van der Waals surface area contributed by atoms with Gasteiger partial charge in [0.15, 0.2) is 17.5 Å². The van der Waals surface area contributed by atoms with Crippen LogP contribution < -0.4 is 0 Å². The van der Waals surface area contributed by atoms with Crippen molar-refractivity contribution in [2.24, 2.45) is 0 Å². The van der Waals surface area contributed by atoms with Gasteiger partial charge in [0, 0.05) is 44.6 Å². The molecule has 0 bridgehead atoms. The Bertz CT molecular complexity index is 2800. The summed E-state index contributed by atoms with van der Waals surface area (Å²) in [5.41, 5.74) is 7.53. The molecule has 0 aliphatic carbocycles. The highest BCUT2D eigenvalue weighted by Crippen LogP contribution is 2.38. The van der Waals surface area contributed by atoms with Crippen molar-refractivity contribution < 1.29 is 0 Å². The van der Waals surface area contributed by atoms with Gasteiger partial charge in [-0.2, -0.15) is 0 Å². The second-order valence-corrected chi connectivity index (χ2v) is 12.2. The Labute approximate surface area is 286 Å². The Morgan fingerprint density at radius 1 is 0.420 bits per heavy atom. The van der Waals surface area contributed by atoms with Crippen molar-refractivity contribution in [3.05, 3.63) is 164 Å². The third-order valence-corrected chi connectivity index (χ3v) is 9.22. The van der Waals surface area contributed by atoms with Crippen LogP contribution in [0.3, 0.4) is 0 Å². The van der Waals surface area contributed by atoms with Crippen LogP contribution in [0.2, 0.25) is 0 Å². The van der Waals surface area contributed by atoms with E-state index in [0.717, 1.165) is 60.4 Å².